The van der Waals surface area contributed by atoms with Crippen LogP contribution in [0.15, 0.2) is 28.7 Å². The number of halogens is 1. The molecule has 1 aromatic carbocycles. The molecule has 0 saturated carbocycles. The minimum absolute atomic E-state index is 0.423. The van der Waals surface area contributed by atoms with Crippen LogP contribution in [0.5, 0.6) is 0 Å². The molecule has 2 atom stereocenters. The summed E-state index contributed by atoms with van der Waals surface area (Å²) >= 11 is 5.43. The lowest BCUT2D eigenvalue weighted by molar-refractivity contribution is 0.558. The molecule has 3 heteroatoms. The van der Waals surface area contributed by atoms with Crippen LogP contribution in [-0.2, 0) is 0 Å². The molecule has 0 aliphatic rings. The molecule has 90 valence electrons. The Hall–Kier alpha value is 0.01000. The third kappa shape index (κ3) is 4.89. The number of hydrogen-bond donors (Lipinski definition) is 1. The fourth-order valence-electron chi connectivity index (χ4n) is 1.51. The van der Waals surface area contributed by atoms with Crippen molar-refractivity contribution < 1.29 is 0 Å². The Balaban J connectivity index is 2.38. The monoisotopic (exact) mass is 301 g/mol. The van der Waals surface area contributed by atoms with Crippen molar-refractivity contribution >= 4 is 27.7 Å². The summed E-state index contributed by atoms with van der Waals surface area (Å²) in [4.78, 5) is 0. The average Bonchev–Trinajstić information content (AvgIpc) is 2.28. The van der Waals surface area contributed by atoms with Crippen LogP contribution in [0.4, 0.5) is 0 Å². The lowest BCUT2D eigenvalue weighted by atomic mass is 10.1. The first-order valence-corrected chi connectivity index (χ1v) is 7.73. The minimum atomic E-state index is 0.423. The van der Waals surface area contributed by atoms with Gasteiger partial charge < -0.3 is 5.32 Å². The van der Waals surface area contributed by atoms with Gasteiger partial charge in [-0.2, -0.15) is 11.8 Å². The Morgan fingerprint density at radius 2 is 2.12 bits per heavy atom. The number of benzene rings is 1. The van der Waals surface area contributed by atoms with E-state index in [1.54, 1.807) is 0 Å². The summed E-state index contributed by atoms with van der Waals surface area (Å²) in [5.74, 6) is 0. The molecule has 2 unspecified atom stereocenters. The van der Waals surface area contributed by atoms with E-state index in [0.29, 0.717) is 6.04 Å². The first-order valence-electron chi connectivity index (χ1n) is 5.65. The van der Waals surface area contributed by atoms with Gasteiger partial charge in [-0.05, 0) is 43.8 Å². The highest BCUT2D eigenvalue weighted by molar-refractivity contribution is 9.10. The standard InChI is InChI=1S/C13H20BrNS/c1-10(16-3)7-8-15-11(2)12-5-4-6-13(14)9-12/h4-6,9-11,15H,7-8H2,1-3H3. The molecule has 0 radical (unpaired) electrons. The van der Waals surface area contributed by atoms with Crippen LogP contribution in [0, 0.1) is 0 Å². The van der Waals surface area contributed by atoms with Gasteiger partial charge in [0.2, 0.25) is 0 Å². The molecule has 0 spiro atoms. The van der Waals surface area contributed by atoms with Crippen LogP contribution < -0.4 is 5.32 Å². The summed E-state index contributed by atoms with van der Waals surface area (Å²) in [6, 6.07) is 8.91. The van der Waals surface area contributed by atoms with Crippen LogP contribution >= 0.6 is 27.7 Å². The summed E-state index contributed by atoms with van der Waals surface area (Å²) in [6.45, 7) is 5.57. The highest BCUT2D eigenvalue weighted by Crippen LogP contribution is 2.18. The maximum Gasteiger partial charge on any atom is 0.0292 e. The second-order valence-corrected chi connectivity index (χ2v) is 6.26. The molecular weight excluding hydrogens is 282 g/mol. The molecule has 0 aromatic heterocycles. The molecule has 0 aliphatic heterocycles. The minimum Gasteiger partial charge on any atom is -0.310 e. The molecule has 0 bridgehead atoms. The van der Waals surface area contributed by atoms with Crippen molar-refractivity contribution in [1.29, 1.82) is 0 Å². The van der Waals surface area contributed by atoms with E-state index in [1.165, 1.54) is 12.0 Å². The summed E-state index contributed by atoms with van der Waals surface area (Å²) in [5, 5.41) is 4.30. The van der Waals surface area contributed by atoms with Gasteiger partial charge in [0.25, 0.3) is 0 Å². The van der Waals surface area contributed by atoms with Crippen molar-refractivity contribution in [2.24, 2.45) is 0 Å². The molecule has 0 fully saturated rings. The van der Waals surface area contributed by atoms with Crippen molar-refractivity contribution in [1.82, 2.24) is 5.32 Å². The van der Waals surface area contributed by atoms with Crippen LogP contribution in [0.1, 0.15) is 31.9 Å². The average molecular weight is 302 g/mol. The van der Waals surface area contributed by atoms with Crippen LogP contribution in [0.3, 0.4) is 0 Å². The van der Waals surface area contributed by atoms with Crippen LogP contribution in [-0.4, -0.2) is 18.1 Å². The zero-order valence-electron chi connectivity index (χ0n) is 10.2. The lowest BCUT2D eigenvalue weighted by Crippen LogP contribution is -2.21. The number of rotatable bonds is 6. The van der Waals surface area contributed by atoms with E-state index in [1.807, 2.05) is 11.8 Å². The highest BCUT2D eigenvalue weighted by atomic mass is 79.9. The number of nitrogens with one attached hydrogen (secondary N) is 1. The third-order valence-electron chi connectivity index (χ3n) is 2.75. The first kappa shape index (κ1) is 14.1. The molecule has 16 heavy (non-hydrogen) atoms. The quantitative estimate of drug-likeness (QED) is 0.843. The zero-order chi connectivity index (χ0) is 12.0. The topological polar surface area (TPSA) is 12.0 Å². The van der Waals surface area contributed by atoms with Gasteiger partial charge in [0.15, 0.2) is 0 Å². The molecule has 1 rings (SSSR count). The van der Waals surface area contributed by atoms with Gasteiger partial charge in [-0.3, -0.25) is 0 Å². The molecule has 0 amide bonds. The fraction of sp³-hybridized carbons (Fsp3) is 0.538. The third-order valence-corrected chi connectivity index (χ3v) is 4.29. The molecule has 1 nitrogen and oxygen atoms in total. The Labute approximate surface area is 112 Å². The molecule has 0 heterocycles. The van der Waals surface area contributed by atoms with Gasteiger partial charge in [-0.1, -0.05) is 35.0 Å². The van der Waals surface area contributed by atoms with E-state index in [0.717, 1.165) is 16.3 Å². The second kappa shape index (κ2) is 7.36. The Kier molecular flexibility index (Phi) is 6.47. The summed E-state index contributed by atoms with van der Waals surface area (Å²) in [5.41, 5.74) is 1.34. The highest BCUT2D eigenvalue weighted by Gasteiger charge is 2.05. The van der Waals surface area contributed by atoms with Gasteiger partial charge in [-0.25, -0.2) is 0 Å². The van der Waals surface area contributed by atoms with E-state index in [9.17, 15) is 0 Å². The summed E-state index contributed by atoms with van der Waals surface area (Å²) < 4.78 is 1.15. The van der Waals surface area contributed by atoms with Crippen LogP contribution in [0.25, 0.3) is 0 Å². The SMILES string of the molecule is CSC(C)CCNC(C)c1cccc(Br)c1. The summed E-state index contributed by atoms with van der Waals surface area (Å²) in [7, 11) is 0. The van der Waals surface area contributed by atoms with Crippen molar-refractivity contribution in [3.05, 3.63) is 34.3 Å². The maximum absolute atomic E-state index is 3.56. The summed E-state index contributed by atoms with van der Waals surface area (Å²) in [6.07, 6.45) is 3.39. The molecular formula is C13H20BrNS. The Morgan fingerprint density at radius 3 is 2.75 bits per heavy atom. The molecule has 0 saturated heterocycles. The van der Waals surface area contributed by atoms with E-state index >= 15 is 0 Å². The predicted octanol–water partition coefficient (Wildman–Crippen LogP) is 4.24. The van der Waals surface area contributed by atoms with Crippen molar-refractivity contribution in [3.63, 3.8) is 0 Å². The van der Waals surface area contributed by atoms with Gasteiger partial charge in [0.1, 0.15) is 0 Å². The smallest absolute Gasteiger partial charge is 0.0292 e. The van der Waals surface area contributed by atoms with E-state index < -0.39 is 0 Å². The number of thioether (sulfide) groups is 1. The van der Waals surface area contributed by atoms with Crippen LogP contribution in [0.2, 0.25) is 0 Å². The lowest BCUT2D eigenvalue weighted by Gasteiger charge is -2.16. The number of hydrogen-bond acceptors (Lipinski definition) is 2. The fourth-order valence-corrected chi connectivity index (χ4v) is 2.29. The van der Waals surface area contributed by atoms with Gasteiger partial charge in [-0.15, -0.1) is 0 Å². The van der Waals surface area contributed by atoms with E-state index in [2.05, 4.69) is 65.6 Å². The van der Waals surface area contributed by atoms with Crippen molar-refractivity contribution in [2.45, 2.75) is 31.6 Å². The van der Waals surface area contributed by atoms with Crippen molar-refractivity contribution in [3.8, 4) is 0 Å². The first-order chi connectivity index (χ1) is 7.63. The van der Waals surface area contributed by atoms with Gasteiger partial charge in [0, 0.05) is 15.8 Å². The zero-order valence-corrected chi connectivity index (χ0v) is 12.6. The molecule has 0 aliphatic carbocycles. The van der Waals surface area contributed by atoms with Gasteiger partial charge in [0.05, 0.1) is 0 Å². The Morgan fingerprint density at radius 1 is 1.38 bits per heavy atom. The molecule has 1 N–H and O–H groups in total. The van der Waals surface area contributed by atoms with Gasteiger partial charge >= 0.3 is 0 Å². The predicted molar refractivity (Wildman–Crippen MR) is 78.2 cm³/mol. The largest absolute Gasteiger partial charge is 0.310 e. The Bertz CT molecular complexity index is 317. The van der Waals surface area contributed by atoms with E-state index in [4.69, 9.17) is 0 Å². The maximum atomic E-state index is 3.56. The molecule has 1 aromatic rings. The van der Waals surface area contributed by atoms with Crippen molar-refractivity contribution in [2.75, 3.05) is 12.8 Å². The van der Waals surface area contributed by atoms with E-state index in [-0.39, 0.29) is 0 Å². The second-order valence-electron chi connectivity index (χ2n) is 4.07. The normalized spacial score (nSPS) is 14.8.